The normalized spacial score (nSPS) is 14.1. The lowest BCUT2D eigenvalue weighted by molar-refractivity contribution is -0.125. The van der Waals surface area contributed by atoms with Gasteiger partial charge in [0.05, 0.1) is 12.6 Å². The van der Waals surface area contributed by atoms with E-state index in [1.807, 2.05) is 0 Å². The molecule has 3 heterocycles. The second kappa shape index (κ2) is 11.1. The van der Waals surface area contributed by atoms with Crippen LogP contribution in [0.15, 0.2) is 36.5 Å². The summed E-state index contributed by atoms with van der Waals surface area (Å²) in [5.41, 5.74) is 12.6. The van der Waals surface area contributed by atoms with E-state index >= 15 is 0 Å². The van der Waals surface area contributed by atoms with Crippen LogP contribution in [0.3, 0.4) is 0 Å². The quantitative estimate of drug-likeness (QED) is 0.259. The van der Waals surface area contributed by atoms with E-state index in [2.05, 4.69) is 21.4 Å². The zero-order chi connectivity index (χ0) is 27.4. The van der Waals surface area contributed by atoms with Crippen molar-refractivity contribution in [3.05, 3.63) is 53.6 Å². The number of primary amides is 1. The summed E-state index contributed by atoms with van der Waals surface area (Å²) in [7, 11) is 1.71. The van der Waals surface area contributed by atoms with Crippen LogP contribution in [0.1, 0.15) is 45.9 Å². The highest BCUT2D eigenvalue weighted by atomic mass is 16.2. The van der Waals surface area contributed by atoms with Crippen molar-refractivity contribution >= 4 is 40.5 Å². The van der Waals surface area contributed by atoms with Gasteiger partial charge in [-0.25, -0.2) is 14.8 Å². The third kappa shape index (κ3) is 5.30. The molecule has 0 radical (unpaired) electrons. The van der Waals surface area contributed by atoms with Gasteiger partial charge in [-0.1, -0.05) is 0 Å². The molecule has 2 aromatic heterocycles. The van der Waals surface area contributed by atoms with Crippen LogP contribution >= 0.6 is 0 Å². The molecule has 38 heavy (non-hydrogen) atoms. The van der Waals surface area contributed by atoms with Gasteiger partial charge in [0, 0.05) is 35.6 Å². The van der Waals surface area contributed by atoms with Crippen LogP contribution in [0, 0.1) is 11.3 Å². The van der Waals surface area contributed by atoms with Gasteiger partial charge in [0.15, 0.2) is 0 Å². The first-order chi connectivity index (χ1) is 18.2. The third-order valence-corrected chi connectivity index (χ3v) is 6.32. The van der Waals surface area contributed by atoms with Crippen molar-refractivity contribution in [2.45, 2.75) is 31.8 Å². The Bertz CT molecular complexity index is 1440. The molecule has 196 valence electrons. The summed E-state index contributed by atoms with van der Waals surface area (Å²) < 4.78 is 1.68. The van der Waals surface area contributed by atoms with Gasteiger partial charge in [-0.3, -0.25) is 24.2 Å². The molecule has 3 aromatic rings. The lowest BCUT2D eigenvalue weighted by Gasteiger charge is -2.17. The molecule has 1 aromatic carbocycles. The minimum absolute atomic E-state index is 0.0143. The van der Waals surface area contributed by atoms with Gasteiger partial charge in [-0.15, -0.1) is 0 Å². The number of hydrogen-bond acceptors (Lipinski definition) is 8. The van der Waals surface area contributed by atoms with Gasteiger partial charge >= 0.3 is 6.03 Å². The maximum absolute atomic E-state index is 13.1. The first-order valence-electron chi connectivity index (χ1n) is 12.0. The zero-order valence-corrected chi connectivity index (χ0v) is 20.8. The fourth-order valence-corrected chi connectivity index (χ4v) is 4.18. The standard InChI is InChI=1S/C25H27N9O4/c1-32-19(13-34-20(35)14-33(25(34)38)18-7-5-15(6-8-18)21(28)36)10-16-12-29-22(31-23(16)32)24(37)30-17(11-27)4-2-3-9-26/h5-8,10,12,17H,2-4,9,13-14,26H2,1H3,(H2,28,36)(H,30,37)/t17-/m0/s1. The molecule has 13 nitrogen and oxygen atoms in total. The van der Waals surface area contributed by atoms with E-state index in [4.69, 9.17) is 11.5 Å². The molecule has 0 unspecified atom stereocenters. The summed E-state index contributed by atoms with van der Waals surface area (Å²) in [5.74, 6) is -1.64. The summed E-state index contributed by atoms with van der Waals surface area (Å²) in [6, 6.07) is 8.72. The second-order valence-electron chi connectivity index (χ2n) is 8.87. The SMILES string of the molecule is Cn1c(CN2C(=O)CN(c3ccc(C(N)=O)cc3)C2=O)cc2cnc(C(=O)N[C@H](C#N)CCCCN)nc21. The average Bonchev–Trinajstić information content (AvgIpc) is 3.38. The predicted octanol–water partition coefficient (Wildman–Crippen LogP) is 0.787. The van der Waals surface area contributed by atoms with Crippen molar-refractivity contribution in [1.82, 2.24) is 24.8 Å². The van der Waals surface area contributed by atoms with Crippen LogP contribution in [0.4, 0.5) is 10.5 Å². The predicted molar refractivity (Wildman–Crippen MR) is 137 cm³/mol. The van der Waals surface area contributed by atoms with Crippen molar-refractivity contribution in [2.75, 3.05) is 18.0 Å². The highest BCUT2D eigenvalue weighted by Crippen LogP contribution is 2.25. The van der Waals surface area contributed by atoms with Crippen molar-refractivity contribution < 1.29 is 19.2 Å². The Hall–Kier alpha value is -4.83. The molecule has 13 heteroatoms. The van der Waals surface area contributed by atoms with E-state index in [9.17, 15) is 24.4 Å². The highest BCUT2D eigenvalue weighted by molar-refractivity contribution is 6.12. The molecular formula is C25H27N9O4. The van der Waals surface area contributed by atoms with Crippen LogP contribution < -0.4 is 21.7 Å². The molecule has 4 rings (SSSR count). The molecule has 1 aliphatic rings. The molecule has 1 aliphatic heterocycles. The number of benzene rings is 1. The van der Waals surface area contributed by atoms with E-state index in [0.717, 1.165) is 11.3 Å². The number of anilines is 1. The number of rotatable bonds is 10. The number of imide groups is 1. The fourth-order valence-electron chi connectivity index (χ4n) is 4.18. The van der Waals surface area contributed by atoms with Gasteiger partial charge in [0.1, 0.15) is 18.2 Å². The number of fused-ring (bicyclic) bond motifs is 1. The van der Waals surface area contributed by atoms with Crippen molar-refractivity contribution in [1.29, 1.82) is 5.26 Å². The summed E-state index contributed by atoms with van der Waals surface area (Å²) in [4.78, 5) is 60.6. The highest BCUT2D eigenvalue weighted by Gasteiger charge is 2.37. The lowest BCUT2D eigenvalue weighted by atomic mass is 10.1. The van der Waals surface area contributed by atoms with Gasteiger partial charge in [-0.05, 0) is 56.1 Å². The Morgan fingerprint density at radius 3 is 2.61 bits per heavy atom. The Balaban J connectivity index is 1.49. The summed E-state index contributed by atoms with van der Waals surface area (Å²) in [6.45, 7) is 0.353. The molecule has 0 spiro atoms. The lowest BCUT2D eigenvalue weighted by Crippen LogP contribution is -2.35. The van der Waals surface area contributed by atoms with Crippen LogP contribution in [0.5, 0.6) is 0 Å². The smallest absolute Gasteiger partial charge is 0.332 e. The number of nitrogens with two attached hydrogens (primary N) is 2. The maximum Gasteiger partial charge on any atom is 0.332 e. The average molecular weight is 518 g/mol. The second-order valence-corrected chi connectivity index (χ2v) is 8.87. The minimum atomic E-state index is -0.681. The van der Waals surface area contributed by atoms with E-state index in [1.54, 1.807) is 29.8 Å². The Kier molecular flexibility index (Phi) is 7.63. The number of urea groups is 1. The Morgan fingerprint density at radius 2 is 1.95 bits per heavy atom. The number of nitriles is 1. The Morgan fingerprint density at radius 1 is 1.21 bits per heavy atom. The number of aromatic nitrogens is 3. The molecule has 5 N–H and O–H groups in total. The van der Waals surface area contributed by atoms with Gasteiger partial charge in [-0.2, -0.15) is 5.26 Å². The van der Waals surface area contributed by atoms with E-state index in [0.29, 0.717) is 47.4 Å². The minimum Gasteiger partial charge on any atom is -0.366 e. The van der Waals surface area contributed by atoms with E-state index < -0.39 is 23.9 Å². The van der Waals surface area contributed by atoms with Gasteiger partial charge in [0.25, 0.3) is 11.8 Å². The fraction of sp³-hybridized carbons (Fsp3) is 0.320. The number of nitrogens with one attached hydrogen (secondary N) is 1. The van der Waals surface area contributed by atoms with Crippen LogP contribution in [0.25, 0.3) is 11.0 Å². The summed E-state index contributed by atoms with van der Waals surface area (Å²) in [6.07, 6.45) is 3.42. The van der Waals surface area contributed by atoms with Crippen molar-refractivity contribution in [3.63, 3.8) is 0 Å². The van der Waals surface area contributed by atoms with Crippen LogP contribution in [0.2, 0.25) is 0 Å². The molecule has 1 saturated heterocycles. The van der Waals surface area contributed by atoms with Crippen molar-refractivity contribution in [2.24, 2.45) is 18.5 Å². The number of hydrogen-bond donors (Lipinski definition) is 3. The number of unbranched alkanes of at least 4 members (excludes halogenated alkanes) is 1. The molecular weight excluding hydrogens is 490 g/mol. The monoisotopic (exact) mass is 517 g/mol. The number of amides is 5. The van der Waals surface area contributed by atoms with Gasteiger partial charge < -0.3 is 21.4 Å². The number of nitrogens with zero attached hydrogens (tertiary/aromatic N) is 6. The maximum atomic E-state index is 13.1. The van der Waals surface area contributed by atoms with E-state index in [1.165, 1.54) is 23.2 Å². The first kappa shape index (κ1) is 26.2. The van der Waals surface area contributed by atoms with Crippen LogP contribution in [-0.4, -0.2) is 62.3 Å². The molecule has 0 saturated carbocycles. The topological polar surface area (TPSA) is 193 Å². The molecule has 0 aliphatic carbocycles. The van der Waals surface area contributed by atoms with Crippen LogP contribution in [-0.2, 0) is 18.4 Å². The third-order valence-electron chi connectivity index (χ3n) is 6.32. The Labute approximate surface area is 218 Å². The summed E-state index contributed by atoms with van der Waals surface area (Å²) in [5, 5.41) is 12.6. The molecule has 0 bridgehead atoms. The largest absolute Gasteiger partial charge is 0.366 e. The van der Waals surface area contributed by atoms with Gasteiger partial charge in [0.2, 0.25) is 11.7 Å². The molecule has 5 amide bonds. The molecule has 1 atom stereocenters. The number of carbonyl (C=O) groups is 4. The number of aryl methyl sites for hydroxylation is 1. The van der Waals surface area contributed by atoms with Crippen molar-refractivity contribution in [3.8, 4) is 6.07 Å². The molecule has 1 fully saturated rings. The zero-order valence-electron chi connectivity index (χ0n) is 20.8. The van der Waals surface area contributed by atoms with E-state index in [-0.39, 0.29) is 24.8 Å². The summed E-state index contributed by atoms with van der Waals surface area (Å²) >= 11 is 0. The number of carbonyl (C=O) groups excluding carboxylic acids is 4. The first-order valence-corrected chi connectivity index (χ1v) is 12.0.